The molecular formula is C44H80O15. The van der Waals surface area contributed by atoms with E-state index in [1.54, 1.807) is 0 Å². The minimum absolute atomic E-state index is 0.148. The molecule has 0 aliphatic carbocycles. The van der Waals surface area contributed by atoms with E-state index in [4.69, 9.17) is 28.4 Å². The molecule has 0 amide bonds. The molecule has 4 unspecified atom stereocenters. The highest BCUT2D eigenvalue weighted by atomic mass is 16.7. The molecule has 15 nitrogen and oxygen atoms in total. The van der Waals surface area contributed by atoms with E-state index in [0.29, 0.717) is 12.8 Å². The molecule has 2 rings (SSSR count). The SMILES string of the molecule is CCCCCCCCCC/C=C/CCCCCC(=O)O[C@H](COC(=O)CCCCCCCCCC)CO[C@@H]1O[C@H](CO[C@@H]2O[C@H](CO)[C@H](O)C(O)C2O)[C@H](O)C(O)C1O. The molecule has 2 aliphatic rings. The number of rotatable bonds is 34. The lowest BCUT2D eigenvalue weighted by Gasteiger charge is -2.42. The standard InChI is InChI=1S/C44H80O15/c1-3-5-7-9-11-13-14-15-16-17-18-19-21-23-25-27-36(47)57-32(29-54-35(46)26-24-22-20-12-10-8-6-4-2)30-55-43-42(53)40(51)38(49)34(59-43)31-56-44-41(52)39(50)37(48)33(28-45)58-44/h17-18,32-34,37-45,48-53H,3-16,19-31H2,1-2H3/b18-17+/t32-,33-,34-,37+,38+,39?,40?,41?,42?,43-,44-/m1/s1. The minimum atomic E-state index is -1.76. The van der Waals surface area contributed by atoms with E-state index in [-0.39, 0.29) is 26.1 Å². The van der Waals surface area contributed by atoms with E-state index in [0.717, 1.165) is 44.9 Å². The number of hydrogen-bond acceptors (Lipinski definition) is 15. The van der Waals surface area contributed by atoms with E-state index in [2.05, 4.69) is 26.0 Å². The minimum Gasteiger partial charge on any atom is -0.462 e. The van der Waals surface area contributed by atoms with E-state index in [1.165, 1.54) is 77.0 Å². The number of unbranched alkanes of at least 4 members (excludes halogenated alkanes) is 18. The molecule has 2 aliphatic heterocycles. The Labute approximate surface area is 352 Å². The van der Waals surface area contributed by atoms with Crippen LogP contribution in [0.1, 0.15) is 162 Å². The van der Waals surface area contributed by atoms with Crippen LogP contribution in [0, 0.1) is 0 Å². The van der Waals surface area contributed by atoms with Crippen LogP contribution in [0.5, 0.6) is 0 Å². The van der Waals surface area contributed by atoms with E-state index in [1.807, 2.05) is 0 Å². The van der Waals surface area contributed by atoms with E-state index >= 15 is 0 Å². The molecule has 0 spiro atoms. The van der Waals surface area contributed by atoms with Crippen LogP contribution in [0.15, 0.2) is 12.2 Å². The van der Waals surface area contributed by atoms with Crippen molar-refractivity contribution in [1.82, 2.24) is 0 Å². The molecule has 0 aromatic carbocycles. The van der Waals surface area contributed by atoms with Gasteiger partial charge in [-0.05, 0) is 38.5 Å². The zero-order valence-electron chi connectivity index (χ0n) is 36.0. The van der Waals surface area contributed by atoms with Gasteiger partial charge in [0.05, 0.1) is 19.8 Å². The topological polar surface area (TPSA) is 231 Å². The van der Waals surface area contributed by atoms with Gasteiger partial charge in [0, 0.05) is 12.8 Å². The third-order valence-electron chi connectivity index (χ3n) is 11.0. The van der Waals surface area contributed by atoms with Crippen molar-refractivity contribution in [3.05, 3.63) is 12.2 Å². The first-order valence-electron chi connectivity index (χ1n) is 22.8. The number of esters is 2. The summed E-state index contributed by atoms with van der Waals surface area (Å²) in [4.78, 5) is 25.5. The second-order valence-corrected chi connectivity index (χ2v) is 16.2. The molecule has 2 fully saturated rings. The Bertz CT molecular complexity index is 1090. The molecule has 11 atom stereocenters. The van der Waals surface area contributed by atoms with Crippen LogP contribution < -0.4 is 0 Å². The number of aliphatic hydroxyl groups excluding tert-OH is 7. The monoisotopic (exact) mass is 849 g/mol. The van der Waals surface area contributed by atoms with Crippen molar-refractivity contribution in [3.8, 4) is 0 Å². The predicted molar refractivity (Wildman–Crippen MR) is 220 cm³/mol. The lowest BCUT2D eigenvalue weighted by Crippen LogP contribution is -2.61. The molecule has 15 heteroatoms. The van der Waals surface area contributed by atoms with Gasteiger partial charge in [0.15, 0.2) is 18.7 Å². The molecule has 2 saturated heterocycles. The largest absolute Gasteiger partial charge is 0.462 e. The third-order valence-corrected chi connectivity index (χ3v) is 11.0. The molecule has 0 radical (unpaired) electrons. The highest BCUT2D eigenvalue weighted by Gasteiger charge is 2.47. The molecule has 346 valence electrons. The summed E-state index contributed by atoms with van der Waals surface area (Å²) in [5.74, 6) is -0.945. The molecule has 7 N–H and O–H groups in total. The fourth-order valence-electron chi connectivity index (χ4n) is 7.15. The summed E-state index contributed by atoms with van der Waals surface area (Å²) in [5, 5.41) is 71.7. The first-order valence-corrected chi connectivity index (χ1v) is 22.8. The molecule has 0 aromatic heterocycles. The summed E-state index contributed by atoms with van der Waals surface area (Å²) in [7, 11) is 0. The summed E-state index contributed by atoms with van der Waals surface area (Å²) in [6.07, 6.45) is 11.3. The fourth-order valence-corrected chi connectivity index (χ4v) is 7.15. The molecule has 2 heterocycles. The molecule has 0 bridgehead atoms. The lowest BCUT2D eigenvalue weighted by atomic mass is 9.98. The van der Waals surface area contributed by atoms with Gasteiger partial charge in [-0.3, -0.25) is 9.59 Å². The Hall–Kier alpha value is -1.76. The number of carbonyl (C=O) groups excluding carboxylic acids is 2. The number of ether oxygens (including phenoxy) is 6. The van der Waals surface area contributed by atoms with Gasteiger partial charge < -0.3 is 64.2 Å². The average molecular weight is 849 g/mol. The van der Waals surface area contributed by atoms with Gasteiger partial charge in [-0.2, -0.15) is 0 Å². The summed E-state index contributed by atoms with van der Waals surface area (Å²) in [6.45, 7) is 2.52. The van der Waals surface area contributed by atoms with Crippen molar-refractivity contribution >= 4 is 11.9 Å². The summed E-state index contributed by atoms with van der Waals surface area (Å²) >= 11 is 0. The van der Waals surface area contributed by atoms with Crippen LogP contribution in [-0.4, -0.2) is 142 Å². The number of allylic oxidation sites excluding steroid dienone is 2. The van der Waals surface area contributed by atoms with Gasteiger partial charge in [0.1, 0.15) is 55.4 Å². The van der Waals surface area contributed by atoms with Gasteiger partial charge in [-0.1, -0.05) is 122 Å². The second-order valence-electron chi connectivity index (χ2n) is 16.2. The zero-order chi connectivity index (χ0) is 43.3. The number of carbonyl (C=O) groups is 2. The van der Waals surface area contributed by atoms with Gasteiger partial charge >= 0.3 is 11.9 Å². The molecule has 0 saturated carbocycles. The highest BCUT2D eigenvalue weighted by molar-refractivity contribution is 5.70. The predicted octanol–water partition coefficient (Wildman–Crippen LogP) is 4.65. The van der Waals surface area contributed by atoms with E-state index < -0.39 is 92.7 Å². The Morgan fingerprint density at radius 1 is 0.525 bits per heavy atom. The van der Waals surface area contributed by atoms with Gasteiger partial charge in [-0.15, -0.1) is 0 Å². The normalized spacial score (nSPS) is 27.9. The van der Waals surface area contributed by atoms with Gasteiger partial charge in [0.25, 0.3) is 0 Å². The third kappa shape index (κ3) is 22.2. The first-order chi connectivity index (χ1) is 28.5. The quantitative estimate of drug-likeness (QED) is 0.0266. The van der Waals surface area contributed by atoms with Crippen LogP contribution >= 0.6 is 0 Å². The number of hydrogen-bond donors (Lipinski definition) is 7. The smallest absolute Gasteiger partial charge is 0.306 e. The summed E-state index contributed by atoms with van der Waals surface area (Å²) in [6, 6.07) is 0. The van der Waals surface area contributed by atoms with Gasteiger partial charge in [-0.25, -0.2) is 0 Å². The van der Waals surface area contributed by atoms with Crippen LogP contribution in [0.2, 0.25) is 0 Å². The maximum absolute atomic E-state index is 12.9. The maximum Gasteiger partial charge on any atom is 0.306 e. The Kier molecular flexibility index (Phi) is 29.8. The molecular weight excluding hydrogens is 768 g/mol. The van der Waals surface area contributed by atoms with Crippen LogP contribution in [0.4, 0.5) is 0 Å². The fraction of sp³-hybridized carbons (Fsp3) is 0.909. The summed E-state index contributed by atoms with van der Waals surface area (Å²) in [5.41, 5.74) is 0. The summed E-state index contributed by atoms with van der Waals surface area (Å²) < 4.78 is 33.4. The molecule has 59 heavy (non-hydrogen) atoms. The van der Waals surface area contributed by atoms with Crippen LogP contribution in [0.3, 0.4) is 0 Å². The zero-order valence-corrected chi connectivity index (χ0v) is 36.0. The van der Waals surface area contributed by atoms with Crippen molar-refractivity contribution in [2.75, 3.05) is 26.4 Å². The van der Waals surface area contributed by atoms with Gasteiger partial charge in [0.2, 0.25) is 0 Å². The highest BCUT2D eigenvalue weighted by Crippen LogP contribution is 2.26. The van der Waals surface area contributed by atoms with Crippen molar-refractivity contribution in [2.45, 2.75) is 229 Å². The maximum atomic E-state index is 12.9. The number of aliphatic hydroxyl groups is 7. The molecule has 0 aromatic rings. The van der Waals surface area contributed by atoms with Crippen molar-refractivity contribution in [3.63, 3.8) is 0 Å². The van der Waals surface area contributed by atoms with Crippen molar-refractivity contribution in [1.29, 1.82) is 0 Å². The van der Waals surface area contributed by atoms with Crippen molar-refractivity contribution in [2.24, 2.45) is 0 Å². The first kappa shape index (κ1) is 53.4. The Morgan fingerprint density at radius 2 is 0.966 bits per heavy atom. The lowest BCUT2D eigenvalue weighted by molar-refractivity contribution is -0.332. The Morgan fingerprint density at radius 3 is 1.51 bits per heavy atom. The second kappa shape index (κ2) is 32.9. The Balaban J connectivity index is 1.85. The van der Waals surface area contributed by atoms with Crippen LogP contribution in [-0.2, 0) is 38.0 Å². The van der Waals surface area contributed by atoms with Crippen LogP contribution in [0.25, 0.3) is 0 Å². The van der Waals surface area contributed by atoms with Crippen molar-refractivity contribution < 1.29 is 73.8 Å². The van der Waals surface area contributed by atoms with E-state index in [9.17, 15) is 45.3 Å². The average Bonchev–Trinajstić information content (AvgIpc) is 3.23.